The molecule has 0 spiro atoms. The van der Waals surface area contributed by atoms with Crippen molar-refractivity contribution in [1.29, 1.82) is 0 Å². The Bertz CT molecular complexity index is 241. The summed E-state index contributed by atoms with van der Waals surface area (Å²) in [6.07, 6.45) is 0.995. The first-order chi connectivity index (χ1) is 5.47. The van der Waals surface area contributed by atoms with E-state index in [0.717, 1.165) is 19.5 Å². The minimum atomic E-state index is -3.55. The predicted molar refractivity (Wildman–Crippen MR) is 50.1 cm³/mol. The average molecular weight is 211 g/mol. The molecule has 3 N–H and O–H groups in total. The SMILES string of the molecule is NS(=O)(=O)NCN1CCC(S)C1. The van der Waals surface area contributed by atoms with Crippen LogP contribution in [0.2, 0.25) is 0 Å². The number of thiol groups is 1. The van der Waals surface area contributed by atoms with Gasteiger partial charge in [0, 0.05) is 18.3 Å². The molecule has 1 fully saturated rings. The third kappa shape index (κ3) is 3.72. The fraction of sp³-hybridized carbons (Fsp3) is 1.00. The van der Waals surface area contributed by atoms with Crippen LogP contribution >= 0.6 is 12.6 Å². The van der Waals surface area contributed by atoms with Gasteiger partial charge in [0.15, 0.2) is 0 Å². The molecule has 1 rings (SSSR count). The van der Waals surface area contributed by atoms with Gasteiger partial charge in [-0.1, -0.05) is 0 Å². The van der Waals surface area contributed by atoms with E-state index < -0.39 is 10.2 Å². The Morgan fingerprint density at radius 2 is 2.33 bits per heavy atom. The lowest BCUT2D eigenvalue weighted by Crippen LogP contribution is -2.39. The normalized spacial score (nSPS) is 26.3. The third-order valence-electron chi connectivity index (χ3n) is 1.74. The van der Waals surface area contributed by atoms with E-state index in [4.69, 9.17) is 5.14 Å². The second-order valence-corrected chi connectivity index (χ2v) is 4.98. The van der Waals surface area contributed by atoms with Gasteiger partial charge < -0.3 is 0 Å². The molecule has 5 nitrogen and oxygen atoms in total. The van der Waals surface area contributed by atoms with E-state index in [9.17, 15) is 8.42 Å². The molecular formula is C5H13N3O2S2. The number of hydrogen-bond donors (Lipinski definition) is 3. The van der Waals surface area contributed by atoms with Gasteiger partial charge in [-0.15, -0.1) is 0 Å². The lowest BCUT2D eigenvalue weighted by molar-refractivity contribution is 0.335. The van der Waals surface area contributed by atoms with Gasteiger partial charge in [0.1, 0.15) is 0 Å². The summed E-state index contributed by atoms with van der Waals surface area (Å²) in [6, 6.07) is 0. The monoisotopic (exact) mass is 211 g/mol. The van der Waals surface area contributed by atoms with E-state index in [1.54, 1.807) is 0 Å². The number of nitrogens with two attached hydrogens (primary N) is 1. The van der Waals surface area contributed by atoms with Crippen LogP contribution < -0.4 is 9.86 Å². The lowest BCUT2D eigenvalue weighted by Gasteiger charge is -2.14. The summed E-state index contributed by atoms with van der Waals surface area (Å²) >= 11 is 4.27. The molecule has 0 amide bonds. The minimum Gasteiger partial charge on any atom is -0.289 e. The van der Waals surface area contributed by atoms with Gasteiger partial charge in [-0.05, 0) is 6.42 Å². The van der Waals surface area contributed by atoms with Gasteiger partial charge in [-0.2, -0.15) is 25.8 Å². The zero-order chi connectivity index (χ0) is 9.19. The Morgan fingerprint density at radius 1 is 1.67 bits per heavy atom. The van der Waals surface area contributed by atoms with Crippen molar-refractivity contribution in [2.24, 2.45) is 5.14 Å². The van der Waals surface area contributed by atoms with Crippen LogP contribution in [0.25, 0.3) is 0 Å². The summed E-state index contributed by atoms with van der Waals surface area (Å²) in [7, 11) is -3.55. The highest BCUT2D eigenvalue weighted by atomic mass is 32.2. The molecular weight excluding hydrogens is 198 g/mol. The molecule has 0 aromatic heterocycles. The molecule has 0 aromatic carbocycles. The van der Waals surface area contributed by atoms with Crippen molar-refractivity contribution in [3.05, 3.63) is 0 Å². The molecule has 12 heavy (non-hydrogen) atoms. The highest BCUT2D eigenvalue weighted by Gasteiger charge is 2.19. The van der Waals surface area contributed by atoms with E-state index >= 15 is 0 Å². The fourth-order valence-electron chi connectivity index (χ4n) is 1.14. The van der Waals surface area contributed by atoms with Crippen molar-refractivity contribution in [3.8, 4) is 0 Å². The highest BCUT2D eigenvalue weighted by molar-refractivity contribution is 7.87. The van der Waals surface area contributed by atoms with Crippen LogP contribution in [0.5, 0.6) is 0 Å². The molecule has 0 saturated carbocycles. The first kappa shape index (κ1) is 10.3. The van der Waals surface area contributed by atoms with Crippen LogP contribution in [-0.2, 0) is 10.2 Å². The molecule has 1 unspecified atom stereocenters. The van der Waals surface area contributed by atoms with Crippen LogP contribution in [0.15, 0.2) is 0 Å². The number of likely N-dealkylation sites (tertiary alicyclic amines) is 1. The number of nitrogens with one attached hydrogen (secondary N) is 1. The lowest BCUT2D eigenvalue weighted by atomic mass is 10.4. The van der Waals surface area contributed by atoms with E-state index in [-0.39, 0.29) is 6.67 Å². The van der Waals surface area contributed by atoms with Crippen LogP contribution in [0.1, 0.15) is 6.42 Å². The molecule has 0 aromatic rings. The molecule has 72 valence electrons. The van der Waals surface area contributed by atoms with Crippen molar-refractivity contribution in [1.82, 2.24) is 9.62 Å². The molecule has 7 heteroatoms. The van der Waals surface area contributed by atoms with Crippen molar-refractivity contribution in [3.63, 3.8) is 0 Å². The smallest absolute Gasteiger partial charge is 0.275 e. The van der Waals surface area contributed by atoms with Crippen LogP contribution in [0, 0.1) is 0 Å². The molecule has 1 heterocycles. The topological polar surface area (TPSA) is 75.4 Å². The number of hydrogen-bond acceptors (Lipinski definition) is 4. The summed E-state index contributed by atoms with van der Waals surface area (Å²) < 4.78 is 23.2. The van der Waals surface area contributed by atoms with Gasteiger partial charge in [-0.3, -0.25) is 4.90 Å². The van der Waals surface area contributed by atoms with E-state index in [1.807, 2.05) is 4.90 Å². The average Bonchev–Trinajstić information content (AvgIpc) is 2.30. The Hall–Kier alpha value is 0.180. The number of rotatable bonds is 3. The van der Waals surface area contributed by atoms with Gasteiger partial charge in [-0.25, -0.2) is 5.14 Å². The molecule has 0 bridgehead atoms. The fourth-order valence-corrected chi connectivity index (χ4v) is 1.85. The van der Waals surface area contributed by atoms with Crippen molar-refractivity contribution >= 4 is 22.8 Å². The highest BCUT2D eigenvalue weighted by Crippen LogP contribution is 2.12. The van der Waals surface area contributed by atoms with Crippen LogP contribution in [0.3, 0.4) is 0 Å². The standard InChI is InChI=1S/C5H13N3O2S2/c6-12(9,10)7-4-8-2-1-5(11)3-8/h5,7,11H,1-4H2,(H2,6,9,10). The molecule has 1 aliphatic heterocycles. The molecule has 0 aliphatic carbocycles. The zero-order valence-corrected chi connectivity index (χ0v) is 8.31. The molecule has 1 aliphatic rings. The summed E-state index contributed by atoms with van der Waals surface area (Å²) in [5.41, 5.74) is 0. The van der Waals surface area contributed by atoms with E-state index in [0.29, 0.717) is 5.25 Å². The Morgan fingerprint density at radius 3 is 2.75 bits per heavy atom. The van der Waals surface area contributed by atoms with Crippen molar-refractivity contribution in [2.75, 3.05) is 19.8 Å². The maximum absolute atomic E-state index is 10.5. The van der Waals surface area contributed by atoms with Crippen LogP contribution in [0.4, 0.5) is 0 Å². The van der Waals surface area contributed by atoms with Crippen molar-refractivity contribution < 1.29 is 8.42 Å². The first-order valence-corrected chi connectivity index (χ1v) is 5.71. The quantitative estimate of drug-likeness (QED) is 0.510. The molecule has 1 saturated heterocycles. The van der Waals surface area contributed by atoms with E-state index in [2.05, 4.69) is 17.4 Å². The molecule has 0 radical (unpaired) electrons. The third-order valence-corrected chi connectivity index (χ3v) is 2.69. The predicted octanol–water partition coefficient (Wildman–Crippen LogP) is -1.26. The summed E-state index contributed by atoms with van der Waals surface area (Å²) in [4.78, 5) is 1.96. The maximum atomic E-state index is 10.5. The summed E-state index contributed by atoms with van der Waals surface area (Å²) in [6.45, 7) is 1.97. The summed E-state index contributed by atoms with van der Waals surface area (Å²) in [5, 5.41) is 5.12. The van der Waals surface area contributed by atoms with Crippen LogP contribution in [-0.4, -0.2) is 38.3 Å². The van der Waals surface area contributed by atoms with Crippen molar-refractivity contribution in [2.45, 2.75) is 11.7 Å². The molecule has 1 atom stereocenters. The van der Waals surface area contributed by atoms with Gasteiger partial charge in [0.2, 0.25) is 0 Å². The number of nitrogens with zero attached hydrogens (tertiary/aromatic N) is 1. The second kappa shape index (κ2) is 3.93. The first-order valence-electron chi connectivity index (χ1n) is 3.65. The zero-order valence-electron chi connectivity index (χ0n) is 6.60. The Balaban J connectivity index is 2.25. The maximum Gasteiger partial charge on any atom is 0.275 e. The summed E-state index contributed by atoms with van der Waals surface area (Å²) in [5.74, 6) is 0. The largest absolute Gasteiger partial charge is 0.289 e. The van der Waals surface area contributed by atoms with Gasteiger partial charge >= 0.3 is 0 Å². The van der Waals surface area contributed by atoms with Gasteiger partial charge in [0.05, 0.1) is 6.67 Å². The second-order valence-electron chi connectivity index (χ2n) is 2.87. The Labute approximate surface area is 77.9 Å². The van der Waals surface area contributed by atoms with Gasteiger partial charge in [0.25, 0.3) is 10.2 Å². The van der Waals surface area contributed by atoms with E-state index in [1.165, 1.54) is 0 Å². The Kier molecular flexibility index (Phi) is 3.36. The minimum absolute atomic E-state index is 0.288.